The number of carboxylic acid groups (broad SMARTS) is 1. The molecule has 0 unspecified atom stereocenters. The average molecular weight is 431 g/mol. The number of nitrogens with one attached hydrogen (secondary N) is 2. The predicted molar refractivity (Wildman–Crippen MR) is 88.4 cm³/mol. The number of amides is 2. The van der Waals surface area contributed by atoms with Crippen LogP contribution in [0.3, 0.4) is 0 Å². The zero-order chi connectivity index (χ0) is 19.3. The molecule has 1 aromatic carbocycles. The Morgan fingerprint density at radius 3 is 2.73 bits per heavy atom. The molecule has 2 amide bonds. The van der Waals surface area contributed by atoms with Crippen molar-refractivity contribution in [3.63, 3.8) is 0 Å². The molecule has 0 aliphatic carbocycles. The smallest absolute Gasteiger partial charge is 0.506 e. The van der Waals surface area contributed by atoms with Crippen LogP contribution in [0.4, 0.5) is 4.39 Å². The maximum absolute atomic E-state index is 13.6. The van der Waals surface area contributed by atoms with Crippen molar-refractivity contribution >= 4 is 46.8 Å². The number of carbonyl (C=O) groups is 4. The number of halogens is 2. The molecule has 26 heavy (non-hydrogen) atoms. The van der Waals surface area contributed by atoms with Crippen LogP contribution >= 0.6 is 15.9 Å². The molecule has 1 fully saturated rings. The summed E-state index contributed by atoms with van der Waals surface area (Å²) in [4.78, 5) is 45.5. The van der Waals surface area contributed by atoms with Crippen molar-refractivity contribution in [1.29, 1.82) is 0 Å². The quantitative estimate of drug-likeness (QED) is 0.514. The minimum atomic E-state index is -1.23. The number of carboxylic acids is 1. The fourth-order valence-electron chi connectivity index (χ4n) is 2.04. The molecule has 9 nitrogen and oxygen atoms in total. The second-order valence-corrected chi connectivity index (χ2v) is 6.12. The van der Waals surface area contributed by atoms with Gasteiger partial charge < -0.3 is 25.0 Å². The maximum atomic E-state index is 13.6. The highest BCUT2D eigenvalue weighted by Crippen LogP contribution is 2.15. The van der Waals surface area contributed by atoms with Gasteiger partial charge >= 0.3 is 19.1 Å². The summed E-state index contributed by atoms with van der Waals surface area (Å²) in [5.41, 5.74) is -0.225. The minimum Gasteiger partial charge on any atom is -0.506 e. The van der Waals surface area contributed by atoms with Crippen LogP contribution in [0, 0.1) is 5.82 Å². The summed E-state index contributed by atoms with van der Waals surface area (Å²) in [6, 6.07) is 3.81. The van der Waals surface area contributed by atoms with Crippen LogP contribution in [-0.4, -0.2) is 55.1 Å². The molecule has 0 saturated carbocycles. The highest BCUT2D eigenvalue weighted by molar-refractivity contribution is 9.10. The van der Waals surface area contributed by atoms with E-state index in [0.717, 1.165) is 6.07 Å². The summed E-state index contributed by atoms with van der Waals surface area (Å²) in [5, 5.41) is 13.2. The third kappa shape index (κ3) is 5.53. The number of aliphatic carboxylic acids is 1. The lowest BCUT2D eigenvalue weighted by molar-refractivity contribution is -0.145. The van der Waals surface area contributed by atoms with Crippen LogP contribution in [0.15, 0.2) is 22.7 Å². The molecule has 0 aromatic heterocycles. The average Bonchev–Trinajstić information content (AvgIpc) is 2.92. The molecule has 1 aromatic rings. The Labute approximate surface area is 155 Å². The van der Waals surface area contributed by atoms with E-state index in [1.165, 1.54) is 12.1 Å². The second-order valence-electron chi connectivity index (χ2n) is 5.20. The highest BCUT2D eigenvalue weighted by Gasteiger charge is 2.41. The third-order valence-corrected chi connectivity index (χ3v) is 3.73. The van der Waals surface area contributed by atoms with E-state index < -0.39 is 55.8 Å². The largest absolute Gasteiger partial charge is 0.548 e. The summed E-state index contributed by atoms with van der Waals surface area (Å²) < 4.78 is 23.9. The fraction of sp³-hybridized carbons (Fsp3) is 0.286. The Balaban J connectivity index is 1.76. The molecular formula is C14H13BBrFN2O7. The summed E-state index contributed by atoms with van der Waals surface area (Å²) in [5.74, 6) is -4.19. The molecule has 3 N–H and O–H groups in total. The van der Waals surface area contributed by atoms with Crippen LogP contribution in [-0.2, 0) is 23.7 Å². The second kappa shape index (κ2) is 8.76. The van der Waals surface area contributed by atoms with Gasteiger partial charge in [-0.15, -0.1) is 0 Å². The van der Waals surface area contributed by atoms with Crippen LogP contribution in [0.2, 0.25) is 0 Å². The lowest BCUT2D eigenvalue weighted by Crippen LogP contribution is -2.42. The summed E-state index contributed by atoms with van der Waals surface area (Å²) in [6.07, 6.45) is -1.99. The molecule has 12 heteroatoms. The van der Waals surface area contributed by atoms with E-state index in [1.54, 1.807) is 0 Å². The van der Waals surface area contributed by atoms with E-state index in [0.29, 0.717) is 4.47 Å². The van der Waals surface area contributed by atoms with Gasteiger partial charge in [-0.1, -0.05) is 15.9 Å². The number of carbonyl (C=O) groups excluding carboxylic acids is 3. The van der Waals surface area contributed by atoms with E-state index in [-0.39, 0.29) is 12.0 Å². The molecule has 2 rings (SSSR count). The van der Waals surface area contributed by atoms with Crippen molar-refractivity contribution in [3.8, 4) is 0 Å². The third-order valence-electron chi connectivity index (χ3n) is 3.23. The molecule has 1 heterocycles. The van der Waals surface area contributed by atoms with E-state index in [2.05, 4.69) is 26.6 Å². The first-order valence-electron chi connectivity index (χ1n) is 7.34. The molecule has 1 atom stereocenters. The van der Waals surface area contributed by atoms with Gasteiger partial charge in [-0.2, -0.15) is 0 Å². The highest BCUT2D eigenvalue weighted by atomic mass is 79.9. The number of benzene rings is 1. The normalized spacial score (nSPS) is 16.2. The summed E-state index contributed by atoms with van der Waals surface area (Å²) in [7, 11) is -1.12. The van der Waals surface area contributed by atoms with Gasteiger partial charge in [0.05, 0.1) is 25.0 Å². The monoisotopic (exact) mass is 430 g/mol. The zero-order valence-corrected chi connectivity index (χ0v) is 14.7. The first-order chi connectivity index (χ1) is 12.3. The van der Waals surface area contributed by atoms with Gasteiger partial charge in [0.15, 0.2) is 6.10 Å². The van der Waals surface area contributed by atoms with Gasteiger partial charge in [-0.05, 0) is 18.2 Å². The van der Waals surface area contributed by atoms with E-state index in [4.69, 9.17) is 14.4 Å². The van der Waals surface area contributed by atoms with Gasteiger partial charge in [0.2, 0.25) is 5.91 Å². The maximum Gasteiger partial charge on any atom is 0.548 e. The molecule has 1 saturated heterocycles. The lowest BCUT2D eigenvalue weighted by Gasteiger charge is -2.08. The van der Waals surface area contributed by atoms with Crippen molar-refractivity contribution in [2.24, 2.45) is 0 Å². The summed E-state index contributed by atoms with van der Waals surface area (Å²) in [6.45, 7) is -0.440. The molecule has 1 aliphatic rings. The van der Waals surface area contributed by atoms with Crippen molar-refractivity contribution in [3.05, 3.63) is 34.1 Å². The number of hydrogen-bond acceptors (Lipinski definition) is 6. The van der Waals surface area contributed by atoms with E-state index in [1.807, 2.05) is 0 Å². The molecule has 0 radical (unpaired) electrons. The van der Waals surface area contributed by atoms with Gasteiger partial charge in [-0.25, -0.2) is 4.39 Å². The van der Waals surface area contributed by atoms with Crippen molar-refractivity contribution < 1.29 is 38.0 Å². The Kier molecular flexibility index (Phi) is 6.69. The fourth-order valence-corrected chi connectivity index (χ4v) is 2.40. The first-order valence-corrected chi connectivity index (χ1v) is 8.13. The zero-order valence-electron chi connectivity index (χ0n) is 13.2. The Hall–Kier alpha value is -2.47. The topological polar surface area (TPSA) is 131 Å². The number of hydrogen-bond donors (Lipinski definition) is 3. The minimum absolute atomic E-state index is 0.220. The Morgan fingerprint density at radius 1 is 1.31 bits per heavy atom. The molecule has 0 bridgehead atoms. The van der Waals surface area contributed by atoms with Crippen molar-refractivity contribution in [2.45, 2.75) is 12.5 Å². The lowest BCUT2D eigenvalue weighted by atomic mass is 9.91. The van der Waals surface area contributed by atoms with Crippen molar-refractivity contribution in [2.75, 3.05) is 13.0 Å². The van der Waals surface area contributed by atoms with Gasteiger partial charge in [0.25, 0.3) is 5.91 Å². The van der Waals surface area contributed by atoms with Gasteiger partial charge in [0, 0.05) is 4.47 Å². The standard InChI is InChI=1S/C14H13BBrFN2O7/c16-7-1-2-9(17)8(3-7)13(23)18-5-11(20)19-6-15-25-10(4-12(21)22)14(24)26-15/h1-3,10H,4-6H2,(H,18,23)(H,19,20)(H,21,22)/t10-/m1/s1. The van der Waals surface area contributed by atoms with E-state index in [9.17, 15) is 23.6 Å². The molecule has 0 spiro atoms. The van der Waals surface area contributed by atoms with Crippen LogP contribution in [0.5, 0.6) is 0 Å². The number of rotatable bonds is 7. The Bertz CT molecular complexity index is 748. The summed E-state index contributed by atoms with van der Waals surface area (Å²) >= 11 is 3.11. The molecule has 1 aliphatic heterocycles. The molecule has 138 valence electrons. The van der Waals surface area contributed by atoms with Crippen molar-refractivity contribution in [1.82, 2.24) is 10.6 Å². The SMILES string of the molecule is O=C(O)C[C@H]1OB(CNC(=O)CNC(=O)c2cc(Br)ccc2F)OC1=O. The Morgan fingerprint density at radius 2 is 2.04 bits per heavy atom. The van der Waals surface area contributed by atoms with E-state index >= 15 is 0 Å². The van der Waals surface area contributed by atoms with Crippen LogP contribution in [0.25, 0.3) is 0 Å². The predicted octanol–water partition coefficient (Wildman–Crippen LogP) is -0.122. The van der Waals surface area contributed by atoms with Gasteiger partial charge in [-0.3, -0.25) is 19.2 Å². The first kappa shape index (κ1) is 19.9. The van der Waals surface area contributed by atoms with Crippen LogP contribution < -0.4 is 10.6 Å². The van der Waals surface area contributed by atoms with Crippen LogP contribution in [0.1, 0.15) is 16.8 Å². The van der Waals surface area contributed by atoms with Gasteiger partial charge in [0.1, 0.15) is 5.82 Å². The molecular weight excluding hydrogens is 418 g/mol.